The molecule has 3 aromatic rings. The van der Waals surface area contributed by atoms with E-state index in [0.717, 1.165) is 4.34 Å². The molecule has 3 heterocycles. The Labute approximate surface area is 138 Å². The number of aromatic nitrogens is 6. The summed E-state index contributed by atoms with van der Waals surface area (Å²) in [7, 11) is 3.35. The van der Waals surface area contributed by atoms with Crippen LogP contribution in [0.1, 0.15) is 6.42 Å². The fourth-order valence-corrected chi connectivity index (χ4v) is 3.88. The van der Waals surface area contributed by atoms with Crippen molar-refractivity contribution in [1.82, 2.24) is 28.9 Å². The van der Waals surface area contributed by atoms with Crippen molar-refractivity contribution in [3.05, 3.63) is 27.2 Å². The van der Waals surface area contributed by atoms with Gasteiger partial charge in [0.1, 0.15) is 0 Å². The Morgan fingerprint density at radius 2 is 2.09 bits per heavy atom. The highest BCUT2D eigenvalue weighted by atomic mass is 32.2. The van der Waals surface area contributed by atoms with Crippen LogP contribution in [0.5, 0.6) is 0 Å². The fraction of sp³-hybridized carbons (Fsp3) is 0.417. The lowest BCUT2D eigenvalue weighted by Gasteiger charge is -2.08. The molecule has 23 heavy (non-hydrogen) atoms. The Bertz CT molecular complexity index is 968. The van der Waals surface area contributed by atoms with E-state index < -0.39 is 0 Å². The summed E-state index contributed by atoms with van der Waals surface area (Å²) in [6, 6.07) is 0. The zero-order chi connectivity index (χ0) is 16.6. The quantitative estimate of drug-likeness (QED) is 0.509. The van der Waals surface area contributed by atoms with Crippen LogP contribution in [-0.2, 0) is 20.6 Å². The van der Waals surface area contributed by atoms with Gasteiger partial charge in [-0.05, 0) is 6.42 Å². The van der Waals surface area contributed by atoms with Gasteiger partial charge in [-0.3, -0.25) is 13.9 Å². The number of anilines is 1. The molecule has 122 valence electrons. The number of hydrogen-bond acceptors (Lipinski definition) is 8. The number of rotatable bonds is 5. The van der Waals surface area contributed by atoms with Gasteiger partial charge in [-0.25, -0.2) is 9.78 Å². The van der Waals surface area contributed by atoms with E-state index in [0.29, 0.717) is 35.0 Å². The SMILES string of the molecule is Cn1cnc2c1c(=O)n(CCCSc1nnc(N)s1)c(=O)n2C. The Kier molecular flexibility index (Phi) is 4.22. The van der Waals surface area contributed by atoms with E-state index in [-0.39, 0.29) is 11.2 Å². The summed E-state index contributed by atoms with van der Waals surface area (Å²) < 4.78 is 5.06. The first-order valence-electron chi connectivity index (χ1n) is 6.81. The third-order valence-electron chi connectivity index (χ3n) is 3.37. The number of thioether (sulfide) groups is 1. The molecule has 0 amide bonds. The van der Waals surface area contributed by atoms with Gasteiger partial charge >= 0.3 is 5.69 Å². The zero-order valence-electron chi connectivity index (χ0n) is 12.6. The Morgan fingerprint density at radius 1 is 1.30 bits per heavy atom. The van der Waals surface area contributed by atoms with Crippen LogP contribution in [0.3, 0.4) is 0 Å². The van der Waals surface area contributed by atoms with E-state index >= 15 is 0 Å². The van der Waals surface area contributed by atoms with Crippen LogP contribution in [0.2, 0.25) is 0 Å². The van der Waals surface area contributed by atoms with Crippen LogP contribution in [0.25, 0.3) is 11.2 Å². The van der Waals surface area contributed by atoms with Gasteiger partial charge in [0.05, 0.1) is 6.33 Å². The van der Waals surface area contributed by atoms with Crippen LogP contribution in [0, 0.1) is 0 Å². The molecule has 0 radical (unpaired) electrons. The number of aryl methyl sites for hydroxylation is 2. The third-order valence-corrected chi connectivity index (χ3v) is 5.35. The monoisotopic (exact) mass is 353 g/mol. The second-order valence-electron chi connectivity index (χ2n) is 4.93. The molecule has 0 fully saturated rings. The number of hydrogen-bond donors (Lipinski definition) is 1. The largest absolute Gasteiger partial charge is 0.374 e. The topological polar surface area (TPSA) is 114 Å². The van der Waals surface area contributed by atoms with Crippen LogP contribution in [0.4, 0.5) is 5.13 Å². The van der Waals surface area contributed by atoms with Gasteiger partial charge in [0, 0.05) is 26.4 Å². The average molecular weight is 353 g/mol. The minimum atomic E-state index is -0.355. The van der Waals surface area contributed by atoms with Crippen molar-refractivity contribution in [1.29, 1.82) is 0 Å². The van der Waals surface area contributed by atoms with Gasteiger partial charge in [-0.15, -0.1) is 10.2 Å². The van der Waals surface area contributed by atoms with Crippen molar-refractivity contribution < 1.29 is 0 Å². The maximum Gasteiger partial charge on any atom is 0.332 e. The lowest BCUT2D eigenvalue weighted by molar-refractivity contribution is 0.594. The normalized spacial score (nSPS) is 11.4. The third kappa shape index (κ3) is 2.88. The molecule has 0 bridgehead atoms. The predicted molar refractivity (Wildman–Crippen MR) is 89.9 cm³/mol. The molecule has 2 N–H and O–H groups in total. The first-order chi connectivity index (χ1) is 11.0. The minimum absolute atomic E-state index is 0.312. The molecule has 9 nitrogen and oxygen atoms in total. The number of fused-ring (bicyclic) bond motifs is 1. The summed E-state index contributed by atoms with van der Waals surface area (Å²) in [6.07, 6.45) is 2.19. The van der Waals surface area contributed by atoms with Crippen LogP contribution >= 0.6 is 23.1 Å². The van der Waals surface area contributed by atoms with E-state index in [2.05, 4.69) is 15.2 Å². The second-order valence-corrected chi connectivity index (χ2v) is 7.29. The molecule has 3 rings (SSSR count). The molecule has 0 atom stereocenters. The summed E-state index contributed by atoms with van der Waals surface area (Å²) in [5.41, 5.74) is 5.68. The van der Waals surface area contributed by atoms with Crippen LogP contribution in [-0.4, -0.2) is 34.6 Å². The van der Waals surface area contributed by atoms with E-state index in [1.54, 1.807) is 18.7 Å². The minimum Gasteiger partial charge on any atom is -0.374 e. The number of nitrogen functional groups attached to an aromatic ring is 1. The Hall–Kier alpha value is -2.14. The number of nitrogens with two attached hydrogens (primary N) is 1. The van der Waals surface area contributed by atoms with Gasteiger partial charge in [0.15, 0.2) is 15.5 Å². The highest BCUT2D eigenvalue weighted by Gasteiger charge is 2.14. The highest BCUT2D eigenvalue weighted by molar-refractivity contribution is 8.01. The van der Waals surface area contributed by atoms with Crippen LogP contribution in [0.15, 0.2) is 20.3 Å². The summed E-state index contributed by atoms with van der Waals surface area (Å²) in [5, 5.41) is 8.08. The summed E-state index contributed by atoms with van der Waals surface area (Å²) >= 11 is 2.83. The molecule has 3 aromatic heterocycles. The van der Waals surface area contributed by atoms with Gasteiger partial charge in [-0.2, -0.15) is 0 Å². The van der Waals surface area contributed by atoms with Crippen molar-refractivity contribution >= 4 is 39.4 Å². The van der Waals surface area contributed by atoms with Gasteiger partial charge < -0.3 is 10.3 Å². The summed E-state index contributed by atoms with van der Waals surface area (Å²) in [6.45, 7) is 0.341. The standard InChI is InChI=1S/C12H15N7O2S2/c1-17-6-14-8-7(17)9(20)19(12(21)18(8)2)4-3-5-22-11-16-15-10(13)23-11/h6H,3-5H2,1-2H3,(H2,13,15). The van der Waals surface area contributed by atoms with Crippen molar-refractivity contribution in [2.24, 2.45) is 14.1 Å². The molecular formula is C12H15N7O2S2. The Balaban J connectivity index is 1.79. The molecule has 11 heteroatoms. The smallest absolute Gasteiger partial charge is 0.332 e. The number of nitrogens with zero attached hydrogens (tertiary/aromatic N) is 6. The van der Waals surface area contributed by atoms with Gasteiger partial charge in [0.25, 0.3) is 5.56 Å². The fourth-order valence-electron chi connectivity index (χ4n) is 2.25. The highest BCUT2D eigenvalue weighted by Crippen LogP contribution is 2.23. The van der Waals surface area contributed by atoms with Gasteiger partial charge in [-0.1, -0.05) is 23.1 Å². The lowest BCUT2D eigenvalue weighted by atomic mass is 10.4. The Morgan fingerprint density at radius 3 is 2.78 bits per heavy atom. The first-order valence-corrected chi connectivity index (χ1v) is 8.62. The molecule has 0 aliphatic heterocycles. The molecule has 0 saturated heterocycles. The van der Waals surface area contributed by atoms with Gasteiger partial charge in [0.2, 0.25) is 5.13 Å². The molecule has 0 unspecified atom stereocenters. The predicted octanol–water partition coefficient (Wildman–Crippen LogP) is 0.0498. The summed E-state index contributed by atoms with van der Waals surface area (Å²) in [4.78, 5) is 28.9. The molecule has 0 saturated carbocycles. The molecular weight excluding hydrogens is 338 g/mol. The average Bonchev–Trinajstić information content (AvgIpc) is 3.10. The molecule has 0 spiro atoms. The zero-order valence-corrected chi connectivity index (χ0v) is 14.2. The van der Waals surface area contributed by atoms with Crippen molar-refractivity contribution in [2.45, 2.75) is 17.3 Å². The maximum absolute atomic E-state index is 12.5. The van der Waals surface area contributed by atoms with Crippen molar-refractivity contribution in [3.8, 4) is 0 Å². The van der Waals surface area contributed by atoms with E-state index in [1.807, 2.05) is 0 Å². The van der Waals surface area contributed by atoms with E-state index in [1.165, 1.54) is 38.6 Å². The van der Waals surface area contributed by atoms with E-state index in [9.17, 15) is 9.59 Å². The molecule has 0 aliphatic rings. The van der Waals surface area contributed by atoms with Crippen LogP contribution < -0.4 is 17.0 Å². The van der Waals surface area contributed by atoms with Crippen molar-refractivity contribution in [3.63, 3.8) is 0 Å². The molecule has 0 aliphatic carbocycles. The number of imidazole rings is 1. The second kappa shape index (κ2) is 6.16. The maximum atomic E-state index is 12.5. The lowest BCUT2D eigenvalue weighted by Crippen LogP contribution is -2.39. The first kappa shape index (κ1) is 15.7. The summed E-state index contributed by atoms with van der Waals surface area (Å²) in [5.74, 6) is 0.716. The van der Waals surface area contributed by atoms with E-state index in [4.69, 9.17) is 5.73 Å². The molecule has 0 aromatic carbocycles. The van der Waals surface area contributed by atoms with Crippen molar-refractivity contribution in [2.75, 3.05) is 11.5 Å².